The van der Waals surface area contributed by atoms with E-state index >= 15 is 0 Å². The zero-order valence-corrected chi connectivity index (χ0v) is 20.0. The van der Waals surface area contributed by atoms with Gasteiger partial charge in [-0.05, 0) is 48.5 Å². The first kappa shape index (κ1) is 21.5. The third-order valence-electron chi connectivity index (χ3n) is 6.58. The number of aromatic amines is 2. The van der Waals surface area contributed by atoms with Gasteiger partial charge in [0.1, 0.15) is 16.4 Å². The van der Waals surface area contributed by atoms with Gasteiger partial charge in [-0.2, -0.15) is 4.39 Å². The van der Waals surface area contributed by atoms with Crippen molar-refractivity contribution in [2.75, 3.05) is 0 Å². The standard InChI is InChI=1S/C26H15FN6O3S/c1-12-10-15(11-28-22(12)27)13-6-8-14(9-7-13)18-19-21(16-4-2-3-5-17(16)35-25(19)34)36-24-20(18)23-30-31-32-33(23)26(37)29-24/h2-11,18H,1H3,(H,29,30,32,37)/p+1. The van der Waals surface area contributed by atoms with Gasteiger partial charge < -0.3 is 9.15 Å². The van der Waals surface area contributed by atoms with Gasteiger partial charge >= 0.3 is 11.3 Å². The number of benzene rings is 2. The van der Waals surface area contributed by atoms with E-state index < -0.39 is 17.5 Å². The molecule has 4 aromatic heterocycles. The van der Waals surface area contributed by atoms with Crippen LogP contribution in [0, 0.1) is 17.6 Å². The van der Waals surface area contributed by atoms with Crippen LogP contribution < -0.4 is 14.9 Å². The Morgan fingerprint density at radius 2 is 1.89 bits per heavy atom. The Morgan fingerprint density at radius 3 is 2.70 bits per heavy atom. The molecule has 1 unspecified atom stereocenters. The zero-order valence-electron chi connectivity index (χ0n) is 19.2. The van der Waals surface area contributed by atoms with E-state index in [1.165, 1.54) is 10.7 Å². The van der Waals surface area contributed by atoms with Gasteiger partial charge in [0.05, 0.1) is 22.0 Å². The fourth-order valence-electron chi connectivity index (χ4n) is 4.84. The van der Waals surface area contributed by atoms with Gasteiger partial charge in [0.25, 0.3) is 10.7 Å². The van der Waals surface area contributed by atoms with Crippen molar-refractivity contribution in [3.8, 4) is 22.8 Å². The van der Waals surface area contributed by atoms with Gasteiger partial charge in [-0.1, -0.05) is 41.6 Å². The molecule has 0 amide bonds. The summed E-state index contributed by atoms with van der Waals surface area (Å²) >= 11 is 5.46. The van der Waals surface area contributed by atoms with Crippen molar-refractivity contribution < 1.29 is 18.1 Å². The van der Waals surface area contributed by atoms with Crippen molar-refractivity contribution >= 4 is 28.8 Å². The van der Waals surface area contributed by atoms with E-state index in [4.69, 9.17) is 21.4 Å². The van der Waals surface area contributed by atoms with Crippen molar-refractivity contribution in [3.05, 3.63) is 104 Å². The molecule has 9 nitrogen and oxygen atoms in total. The highest BCUT2D eigenvalue weighted by Gasteiger charge is 2.39. The molecule has 0 saturated heterocycles. The number of ether oxygens (including phenoxy) is 1. The van der Waals surface area contributed by atoms with E-state index in [1.807, 2.05) is 36.4 Å². The predicted molar refractivity (Wildman–Crippen MR) is 133 cm³/mol. The third kappa shape index (κ3) is 3.21. The van der Waals surface area contributed by atoms with Gasteiger partial charge in [0.2, 0.25) is 5.95 Å². The monoisotopic (exact) mass is 511 g/mol. The summed E-state index contributed by atoms with van der Waals surface area (Å²) in [5.41, 5.74) is 4.13. The largest absolute Gasteiger partial charge is 0.430 e. The molecule has 0 fully saturated rings. The maximum absolute atomic E-state index is 13.7. The van der Waals surface area contributed by atoms with Crippen molar-refractivity contribution in [3.63, 3.8) is 0 Å². The molecule has 7 rings (SSSR count). The molecule has 0 aliphatic carbocycles. The lowest BCUT2D eigenvalue weighted by molar-refractivity contribution is -0.593. The number of fused-ring (bicyclic) bond motifs is 6. The minimum atomic E-state index is -0.603. The first-order valence-electron chi connectivity index (χ1n) is 11.3. The minimum absolute atomic E-state index is 0.308. The average Bonchev–Trinajstić information content (AvgIpc) is 3.40. The number of tetrazole rings is 1. The van der Waals surface area contributed by atoms with E-state index in [9.17, 15) is 9.18 Å². The van der Waals surface area contributed by atoms with Crippen LogP contribution in [0.5, 0.6) is 11.6 Å². The van der Waals surface area contributed by atoms with Crippen LogP contribution >= 0.6 is 12.2 Å². The first-order chi connectivity index (χ1) is 18.0. The molecule has 1 atom stereocenters. The smallest absolute Gasteiger partial charge is 0.344 e. The maximum atomic E-state index is 13.7. The summed E-state index contributed by atoms with van der Waals surface area (Å²) in [4.78, 5) is 20.3. The number of rotatable bonds is 2. The second kappa shape index (κ2) is 7.87. The lowest BCUT2D eigenvalue weighted by Crippen LogP contribution is -2.31. The summed E-state index contributed by atoms with van der Waals surface area (Å²) in [7, 11) is 0. The first-order valence-corrected chi connectivity index (χ1v) is 11.8. The fraction of sp³-hybridized carbons (Fsp3) is 0.0769. The molecule has 6 aromatic rings. The number of halogens is 1. The molecule has 1 aliphatic heterocycles. The molecule has 2 aromatic carbocycles. The Bertz CT molecular complexity index is 2000. The Hall–Kier alpha value is -4.77. The molecular formula is C26H16FN6O3S+. The van der Waals surface area contributed by atoms with Crippen LogP contribution in [0.3, 0.4) is 0 Å². The Balaban J connectivity index is 1.49. The lowest BCUT2D eigenvalue weighted by atomic mass is 9.83. The van der Waals surface area contributed by atoms with E-state index in [0.29, 0.717) is 49.7 Å². The lowest BCUT2D eigenvalue weighted by Gasteiger charge is -2.26. The molecule has 2 N–H and O–H groups in total. The topological polar surface area (TPSA) is 114 Å². The molecule has 0 radical (unpaired) electrons. The predicted octanol–water partition coefficient (Wildman–Crippen LogP) is 4.50. The number of hydrogen-bond donors (Lipinski definition) is 2. The molecule has 0 saturated carbocycles. The second-order valence-corrected chi connectivity index (χ2v) is 9.14. The number of aromatic nitrogens is 6. The molecular weight excluding hydrogens is 495 g/mol. The number of nitrogens with zero attached hydrogens (tertiary/aromatic N) is 4. The van der Waals surface area contributed by atoms with Crippen molar-refractivity contribution in [2.45, 2.75) is 12.8 Å². The number of nitrogens with one attached hydrogen (secondary N) is 2. The Labute approximate surface area is 212 Å². The number of aryl methyl sites for hydroxylation is 1. The third-order valence-corrected chi connectivity index (χ3v) is 6.87. The molecule has 11 heteroatoms. The normalized spacial score (nSPS) is 14.4. The number of para-hydroxylation sites is 1. The number of pyridine rings is 1. The van der Waals surface area contributed by atoms with Crippen molar-refractivity contribution in [2.24, 2.45) is 0 Å². The van der Waals surface area contributed by atoms with Crippen LogP contribution in [0.1, 0.15) is 28.2 Å². The van der Waals surface area contributed by atoms with Crippen molar-refractivity contribution in [1.29, 1.82) is 0 Å². The summed E-state index contributed by atoms with van der Waals surface area (Å²) < 4.78 is 27.5. The van der Waals surface area contributed by atoms with Crippen LogP contribution in [-0.2, 0) is 0 Å². The fourth-order valence-corrected chi connectivity index (χ4v) is 5.06. The summed E-state index contributed by atoms with van der Waals surface area (Å²) in [6, 6.07) is 16.6. The number of H-pyrrole nitrogens is 2. The molecule has 0 bridgehead atoms. The highest BCUT2D eigenvalue weighted by atomic mass is 32.1. The van der Waals surface area contributed by atoms with Crippen LogP contribution in [0.2, 0.25) is 0 Å². The molecule has 0 spiro atoms. The van der Waals surface area contributed by atoms with Crippen LogP contribution in [0.4, 0.5) is 4.39 Å². The van der Waals surface area contributed by atoms with Gasteiger partial charge in [-0.25, -0.2) is 14.8 Å². The molecule has 37 heavy (non-hydrogen) atoms. The second-order valence-electron chi connectivity index (χ2n) is 8.75. The summed E-state index contributed by atoms with van der Waals surface area (Å²) in [5.74, 6) is -0.338. The van der Waals surface area contributed by atoms with E-state index in [0.717, 1.165) is 16.7 Å². The highest BCUT2D eigenvalue weighted by Crippen LogP contribution is 2.48. The maximum Gasteiger partial charge on any atom is 0.344 e. The van der Waals surface area contributed by atoms with Gasteiger partial charge in [0, 0.05) is 17.3 Å². The van der Waals surface area contributed by atoms with Crippen molar-refractivity contribution in [1.82, 2.24) is 25.5 Å². The number of hydrogen-bond acceptors (Lipinski definition) is 7. The van der Waals surface area contributed by atoms with Crippen LogP contribution in [0.15, 0.2) is 70.0 Å². The van der Waals surface area contributed by atoms with Gasteiger partial charge in [-0.15, -0.1) is 4.52 Å². The minimum Gasteiger partial charge on any atom is -0.430 e. The van der Waals surface area contributed by atoms with Gasteiger partial charge in [0.15, 0.2) is 5.75 Å². The molecule has 5 heterocycles. The molecule has 1 aliphatic rings. The Morgan fingerprint density at radius 1 is 1.08 bits per heavy atom. The summed E-state index contributed by atoms with van der Waals surface area (Å²) in [6.07, 6.45) is 1.49. The Kier molecular flexibility index (Phi) is 4.57. The van der Waals surface area contributed by atoms with E-state index in [2.05, 4.69) is 25.5 Å². The SMILES string of the molecule is Cc1cc(-c2ccc(C3c4c(c5ccccc5oc4=O)Oc4[nH]c(=S)[n+]5[nH]nnc5c43)cc2)cnc1F. The summed E-state index contributed by atoms with van der Waals surface area (Å²) in [5, 5.41) is 11.5. The average molecular weight is 512 g/mol. The van der Waals surface area contributed by atoms with E-state index in [-0.39, 0.29) is 0 Å². The summed E-state index contributed by atoms with van der Waals surface area (Å²) in [6.45, 7) is 1.67. The van der Waals surface area contributed by atoms with Crippen LogP contribution in [0.25, 0.3) is 27.7 Å². The van der Waals surface area contributed by atoms with Crippen LogP contribution in [-0.4, -0.2) is 25.5 Å². The van der Waals surface area contributed by atoms with Gasteiger partial charge in [-0.3, -0.25) is 0 Å². The highest BCUT2D eigenvalue weighted by molar-refractivity contribution is 7.71. The molecule has 180 valence electrons. The quantitative estimate of drug-likeness (QED) is 0.152. The zero-order chi connectivity index (χ0) is 25.3. The van der Waals surface area contributed by atoms with E-state index in [1.54, 1.807) is 25.1 Å².